The van der Waals surface area contributed by atoms with Crippen LogP contribution in [0.15, 0.2) is 40.9 Å². The molecule has 0 atom stereocenters. The number of halogens is 3. The highest BCUT2D eigenvalue weighted by molar-refractivity contribution is 9.10. The van der Waals surface area contributed by atoms with E-state index in [0.29, 0.717) is 26.4 Å². The van der Waals surface area contributed by atoms with Gasteiger partial charge >= 0.3 is 0 Å². The lowest BCUT2D eigenvalue weighted by atomic mass is 10.2. The molecule has 0 radical (unpaired) electrons. The Morgan fingerprint density at radius 2 is 2.05 bits per heavy atom. The molecule has 0 aliphatic rings. The van der Waals surface area contributed by atoms with E-state index in [1.54, 1.807) is 18.2 Å². The Morgan fingerprint density at radius 3 is 2.68 bits per heavy atom. The van der Waals surface area contributed by atoms with Gasteiger partial charge < -0.3 is 11.1 Å². The van der Waals surface area contributed by atoms with Gasteiger partial charge in [0.2, 0.25) is 0 Å². The molecule has 19 heavy (non-hydrogen) atoms. The zero-order valence-corrected chi connectivity index (χ0v) is 11.9. The number of para-hydroxylation sites is 1. The van der Waals surface area contributed by atoms with Crippen molar-refractivity contribution in [2.24, 2.45) is 0 Å². The van der Waals surface area contributed by atoms with Gasteiger partial charge in [-0.2, -0.15) is 0 Å². The summed E-state index contributed by atoms with van der Waals surface area (Å²) in [5.74, 6) is -0.854. The molecular weight excluding hydrogens is 335 g/mol. The minimum Gasteiger partial charge on any atom is -0.397 e. The van der Waals surface area contributed by atoms with Crippen LogP contribution < -0.4 is 11.1 Å². The van der Waals surface area contributed by atoms with Crippen molar-refractivity contribution in [3.05, 3.63) is 57.3 Å². The maximum Gasteiger partial charge on any atom is 0.256 e. The topological polar surface area (TPSA) is 55.1 Å². The second-order valence-electron chi connectivity index (χ2n) is 3.78. The summed E-state index contributed by atoms with van der Waals surface area (Å²) in [7, 11) is 0. The van der Waals surface area contributed by atoms with E-state index in [0.717, 1.165) is 0 Å². The van der Waals surface area contributed by atoms with Crippen LogP contribution in [0.1, 0.15) is 10.4 Å². The number of carbonyl (C=O) groups excluding carboxylic acids is 1. The highest BCUT2D eigenvalue weighted by Crippen LogP contribution is 2.29. The van der Waals surface area contributed by atoms with Gasteiger partial charge in [0.25, 0.3) is 5.91 Å². The van der Waals surface area contributed by atoms with Crippen LogP contribution >= 0.6 is 27.5 Å². The molecule has 0 spiro atoms. The van der Waals surface area contributed by atoms with Crippen molar-refractivity contribution < 1.29 is 9.18 Å². The molecule has 3 N–H and O–H groups in total. The fraction of sp³-hybridized carbons (Fsp3) is 0. The van der Waals surface area contributed by atoms with Gasteiger partial charge in [0.05, 0.1) is 22.0 Å². The van der Waals surface area contributed by atoms with Gasteiger partial charge in [0.15, 0.2) is 0 Å². The molecule has 0 fully saturated rings. The van der Waals surface area contributed by atoms with Crippen molar-refractivity contribution in [1.29, 1.82) is 0 Å². The first kappa shape index (κ1) is 13.8. The van der Waals surface area contributed by atoms with Crippen LogP contribution in [0.5, 0.6) is 0 Å². The van der Waals surface area contributed by atoms with Crippen LogP contribution in [0.25, 0.3) is 0 Å². The Morgan fingerprint density at radius 1 is 1.32 bits per heavy atom. The van der Waals surface area contributed by atoms with Gasteiger partial charge in [-0.25, -0.2) is 4.39 Å². The highest BCUT2D eigenvalue weighted by atomic mass is 79.9. The third-order valence-corrected chi connectivity index (χ3v) is 3.43. The molecule has 0 saturated heterocycles. The van der Waals surface area contributed by atoms with Crippen molar-refractivity contribution in [2.45, 2.75) is 0 Å². The van der Waals surface area contributed by atoms with E-state index in [2.05, 4.69) is 21.2 Å². The number of hydrogen-bond donors (Lipinski definition) is 2. The third kappa shape index (κ3) is 3.05. The maximum absolute atomic E-state index is 13.0. The normalized spacial score (nSPS) is 10.3. The standard InChI is InChI=1S/C13H9BrClFN2O/c14-9-6-7(16)4-5-8(9)13(19)18-12-10(15)2-1-3-11(12)17/h1-6H,17H2,(H,18,19). The SMILES string of the molecule is Nc1cccc(Cl)c1NC(=O)c1ccc(F)cc1Br. The molecule has 2 aromatic rings. The summed E-state index contributed by atoms with van der Waals surface area (Å²) in [4.78, 5) is 12.1. The summed E-state index contributed by atoms with van der Waals surface area (Å²) in [6.07, 6.45) is 0. The number of carbonyl (C=O) groups is 1. The molecule has 1 amide bonds. The van der Waals surface area contributed by atoms with Gasteiger partial charge in [0, 0.05) is 4.47 Å². The van der Waals surface area contributed by atoms with Crippen LogP contribution in [-0.2, 0) is 0 Å². The van der Waals surface area contributed by atoms with E-state index in [9.17, 15) is 9.18 Å². The second kappa shape index (κ2) is 5.59. The summed E-state index contributed by atoms with van der Waals surface area (Å²) in [5.41, 5.74) is 6.73. The Kier molecular flexibility index (Phi) is 4.07. The molecule has 0 aliphatic heterocycles. The van der Waals surface area contributed by atoms with Crippen LogP contribution in [0, 0.1) is 5.82 Å². The van der Waals surface area contributed by atoms with E-state index in [-0.39, 0.29) is 0 Å². The van der Waals surface area contributed by atoms with E-state index in [1.165, 1.54) is 18.2 Å². The van der Waals surface area contributed by atoms with E-state index in [4.69, 9.17) is 17.3 Å². The molecule has 0 aromatic heterocycles. The van der Waals surface area contributed by atoms with Crippen molar-refractivity contribution in [1.82, 2.24) is 0 Å². The quantitative estimate of drug-likeness (QED) is 0.807. The minimum absolute atomic E-state index is 0.292. The lowest BCUT2D eigenvalue weighted by Gasteiger charge is -2.10. The van der Waals surface area contributed by atoms with Crippen molar-refractivity contribution in [3.8, 4) is 0 Å². The zero-order chi connectivity index (χ0) is 14.0. The number of anilines is 2. The number of amides is 1. The molecular formula is C13H9BrClFN2O. The van der Waals surface area contributed by atoms with Gasteiger partial charge in [-0.05, 0) is 46.3 Å². The van der Waals surface area contributed by atoms with Crippen LogP contribution in [0.2, 0.25) is 5.02 Å². The van der Waals surface area contributed by atoms with Crippen molar-refractivity contribution in [2.75, 3.05) is 11.1 Å². The first-order chi connectivity index (χ1) is 8.99. The molecule has 2 aromatic carbocycles. The van der Waals surface area contributed by atoms with Crippen LogP contribution in [0.3, 0.4) is 0 Å². The molecule has 98 valence electrons. The van der Waals surface area contributed by atoms with Crippen LogP contribution in [0.4, 0.5) is 15.8 Å². The fourth-order valence-electron chi connectivity index (χ4n) is 1.53. The molecule has 6 heteroatoms. The fourth-order valence-corrected chi connectivity index (χ4v) is 2.29. The molecule has 0 heterocycles. The summed E-state index contributed by atoms with van der Waals surface area (Å²) in [6.45, 7) is 0. The smallest absolute Gasteiger partial charge is 0.256 e. The predicted octanol–water partition coefficient (Wildman–Crippen LogP) is 4.08. The van der Waals surface area contributed by atoms with Crippen molar-refractivity contribution >= 4 is 44.8 Å². The first-order valence-electron chi connectivity index (χ1n) is 5.29. The predicted molar refractivity (Wildman–Crippen MR) is 77.9 cm³/mol. The largest absolute Gasteiger partial charge is 0.397 e. The maximum atomic E-state index is 13.0. The molecule has 0 aliphatic carbocycles. The van der Waals surface area contributed by atoms with Gasteiger partial charge in [-0.15, -0.1) is 0 Å². The van der Waals surface area contributed by atoms with E-state index < -0.39 is 11.7 Å². The lowest BCUT2D eigenvalue weighted by Crippen LogP contribution is -2.14. The van der Waals surface area contributed by atoms with E-state index in [1.807, 2.05) is 0 Å². The van der Waals surface area contributed by atoms with Gasteiger partial charge in [-0.1, -0.05) is 17.7 Å². The van der Waals surface area contributed by atoms with Gasteiger partial charge in [0.1, 0.15) is 5.82 Å². The number of nitrogens with one attached hydrogen (secondary N) is 1. The average Bonchev–Trinajstić information content (AvgIpc) is 2.33. The summed E-state index contributed by atoms with van der Waals surface area (Å²) >= 11 is 9.09. The zero-order valence-electron chi connectivity index (χ0n) is 9.58. The van der Waals surface area contributed by atoms with Crippen LogP contribution in [-0.4, -0.2) is 5.91 Å². The molecule has 0 saturated carbocycles. The molecule has 0 bridgehead atoms. The lowest BCUT2D eigenvalue weighted by molar-refractivity contribution is 0.102. The number of benzene rings is 2. The first-order valence-corrected chi connectivity index (χ1v) is 6.46. The number of hydrogen-bond acceptors (Lipinski definition) is 2. The third-order valence-electron chi connectivity index (χ3n) is 2.46. The second-order valence-corrected chi connectivity index (χ2v) is 5.04. The molecule has 0 unspecified atom stereocenters. The van der Waals surface area contributed by atoms with Crippen molar-refractivity contribution in [3.63, 3.8) is 0 Å². The monoisotopic (exact) mass is 342 g/mol. The average molecular weight is 344 g/mol. The Bertz CT molecular complexity index is 628. The van der Waals surface area contributed by atoms with E-state index >= 15 is 0 Å². The van der Waals surface area contributed by atoms with Gasteiger partial charge in [-0.3, -0.25) is 4.79 Å². The Hall–Kier alpha value is -1.59. The number of nitrogens with two attached hydrogens (primary N) is 1. The summed E-state index contributed by atoms with van der Waals surface area (Å²) < 4.78 is 13.3. The Labute approximate surface area is 122 Å². The number of rotatable bonds is 2. The summed E-state index contributed by atoms with van der Waals surface area (Å²) in [6, 6.07) is 8.72. The summed E-state index contributed by atoms with van der Waals surface area (Å²) in [5, 5.41) is 2.95. The number of nitrogen functional groups attached to an aromatic ring is 1. The molecule has 3 nitrogen and oxygen atoms in total. The Balaban J connectivity index is 2.31. The highest BCUT2D eigenvalue weighted by Gasteiger charge is 2.14. The molecule has 2 rings (SSSR count). The minimum atomic E-state index is -0.430.